The second kappa shape index (κ2) is 4.80. The Kier molecular flexibility index (Phi) is 3.42. The number of benzene rings is 1. The minimum atomic E-state index is 0.653. The molecular weight excluding hydrogens is 182 g/mol. The van der Waals surface area contributed by atoms with Crippen molar-refractivity contribution in [1.82, 2.24) is 4.90 Å². The van der Waals surface area contributed by atoms with Crippen LogP contribution in [0.5, 0.6) is 0 Å². The van der Waals surface area contributed by atoms with Gasteiger partial charge in [-0.25, -0.2) is 0 Å². The van der Waals surface area contributed by atoms with Crippen LogP contribution in [0.1, 0.15) is 38.3 Å². The predicted octanol–water partition coefficient (Wildman–Crippen LogP) is 3.48. The molecule has 0 saturated carbocycles. The molecule has 2 atom stereocenters. The van der Waals surface area contributed by atoms with Crippen LogP contribution in [-0.2, 0) is 0 Å². The topological polar surface area (TPSA) is 3.24 Å². The van der Waals surface area contributed by atoms with Crippen molar-refractivity contribution in [2.75, 3.05) is 13.1 Å². The molecule has 0 unspecified atom stereocenters. The van der Waals surface area contributed by atoms with Crippen molar-refractivity contribution >= 4 is 0 Å². The highest BCUT2D eigenvalue weighted by Gasteiger charge is 2.25. The van der Waals surface area contributed by atoms with Crippen molar-refractivity contribution in [3.05, 3.63) is 35.9 Å². The van der Waals surface area contributed by atoms with Crippen LogP contribution >= 0.6 is 0 Å². The third-order valence-electron chi connectivity index (χ3n) is 3.57. The van der Waals surface area contributed by atoms with E-state index in [4.69, 9.17) is 0 Å². The van der Waals surface area contributed by atoms with Gasteiger partial charge in [0, 0.05) is 6.04 Å². The molecule has 1 fully saturated rings. The van der Waals surface area contributed by atoms with Crippen LogP contribution in [0.3, 0.4) is 0 Å². The zero-order chi connectivity index (χ0) is 10.7. The smallest absolute Gasteiger partial charge is 0.0350 e. The lowest BCUT2D eigenvalue weighted by Gasteiger charge is -2.38. The molecular formula is C14H21N. The zero-order valence-electron chi connectivity index (χ0n) is 9.82. The van der Waals surface area contributed by atoms with Crippen LogP contribution in [0.15, 0.2) is 30.3 Å². The first-order valence-corrected chi connectivity index (χ1v) is 6.10. The Morgan fingerprint density at radius 3 is 2.67 bits per heavy atom. The van der Waals surface area contributed by atoms with Crippen molar-refractivity contribution in [2.24, 2.45) is 5.92 Å². The summed E-state index contributed by atoms with van der Waals surface area (Å²) in [6, 6.07) is 11.6. The van der Waals surface area contributed by atoms with E-state index in [0.717, 1.165) is 5.92 Å². The average Bonchev–Trinajstić information content (AvgIpc) is 2.30. The van der Waals surface area contributed by atoms with Crippen LogP contribution in [0.2, 0.25) is 0 Å². The van der Waals surface area contributed by atoms with Crippen LogP contribution in [0.25, 0.3) is 0 Å². The van der Waals surface area contributed by atoms with E-state index in [1.54, 1.807) is 0 Å². The summed E-state index contributed by atoms with van der Waals surface area (Å²) >= 11 is 0. The van der Waals surface area contributed by atoms with Crippen LogP contribution < -0.4 is 0 Å². The molecule has 0 spiro atoms. The van der Waals surface area contributed by atoms with Gasteiger partial charge in [-0.15, -0.1) is 0 Å². The minimum absolute atomic E-state index is 0.653. The molecule has 1 saturated heterocycles. The van der Waals surface area contributed by atoms with E-state index >= 15 is 0 Å². The third-order valence-corrected chi connectivity index (χ3v) is 3.57. The number of likely N-dealkylation sites (tertiary alicyclic amines) is 1. The fourth-order valence-corrected chi connectivity index (χ4v) is 2.59. The average molecular weight is 203 g/mol. The van der Waals surface area contributed by atoms with Crippen molar-refractivity contribution < 1.29 is 0 Å². The molecule has 82 valence electrons. The largest absolute Gasteiger partial charge is 0.297 e. The summed E-state index contributed by atoms with van der Waals surface area (Å²) < 4.78 is 0. The van der Waals surface area contributed by atoms with Gasteiger partial charge in [-0.1, -0.05) is 44.2 Å². The quantitative estimate of drug-likeness (QED) is 0.711. The summed E-state index contributed by atoms with van der Waals surface area (Å²) in [5, 5.41) is 0. The predicted molar refractivity (Wildman–Crippen MR) is 64.8 cm³/mol. The molecule has 15 heavy (non-hydrogen) atoms. The van der Waals surface area contributed by atoms with E-state index in [-0.39, 0.29) is 0 Å². The highest BCUT2D eigenvalue weighted by molar-refractivity contribution is 5.19. The molecule has 1 heterocycles. The Labute approximate surface area is 93.1 Å². The fraction of sp³-hybridized carbons (Fsp3) is 0.571. The molecule has 1 aromatic carbocycles. The lowest BCUT2D eigenvalue weighted by molar-refractivity contribution is 0.125. The van der Waals surface area contributed by atoms with Gasteiger partial charge in [0.1, 0.15) is 0 Å². The van der Waals surface area contributed by atoms with Gasteiger partial charge in [0.25, 0.3) is 0 Å². The third kappa shape index (κ3) is 2.40. The standard InChI is InChI=1S/C14H21N/c1-3-15-10-9-12(2)11-14(15)13-7-5-4-6-8-13/h4-8,12,14H,3,9-11H2,1-2H3/t12-,14+/m0/s1. The van der Waals surface area contributed by atoms with Crippen molar-refractivity contribution in [1.29, 1.82) is 0 Å². The summed E-state index contributed by atoms with van der Waals surface area (Å²) in [6.45, 7) is 7.08. The Morgan fingerprint density at radius 1 is 1.27 bits per heavy atom. The van der Waals surface area contributed by atoms with Gasteiger partial charge in [-0.3, -0.25) is 4.90 Å². The lowest BCUT2D eigenvalue weighted by Crippen LogP contribution is -2.35. The maximum absolute atomic E-state index is 2.61. The van der Waals surface area contributed by atoms with E-state index < -0.39 is 0 Å². The number of nitrogens with zero attached hydrogens (tertiary/aromatic N) is 1. The second-order valence-corrected chi connectivity index (χ2v) is 4.68. The van der Waals surface area contributed by atoms with E-state index in [2.05, 4.69) is 49.1 Å². The molecule has 1 aliphatic heterocycles. The minimum Gasteiger partial charge on any atom is -0.297 e. The molecule has 0 amide bonds. The first kappa shape index (κ1) is 10.7. The zero-order valence-corrected chi connectivity index (χ0v) is 9.82. The van der Waals surface area contributed by atoms with Crippen LogP contribution in [0, 0.1) is 5.92 Å². The SMILES string of the molecule is CCN1CC[C@H](C)C[C@@H]1c1ccccc1. The molecule has 1 aromatic rings. The molecule has 1 heteroatoms. The molecule has 1 aliphatic rings. The number of piperidine rings is 1. The Morgan fingerprint density at radius 2 is 2.00 bits per heavy atom. The maximum Gasteiger partial charge on any atom is 0.0350 e. The summed E-state index contributed by atoms with van der Waals surface area (Å²) in [5.41, 5.74) is 1.49. The Hall–Kier alpha value is -0.820. The van der Waals surface area contributed by atoms with Crippen molar-refractivity contribution in [2.45, 2.75) is 32.7 Å². The highest BCUT2D eigenvalue weighted by atomic mass is 15.2. The second-order valence-electron chi connectivity index (χ2n) is 4.68. The highest BCUT2D eigenvalue weighted by Crippen LogP contribution is 2.33. The monoisotopic (exact) mass is 203 g/mol. The summed E-state index contributed by atoms with van der Waals surface area (Å²) in [5.74, 6) is 0.873. The van der Waals surface area contributed by atoms with Crippen LogP contribution in [-0.4, -0.2) is 18.0 Å². The van der Waals surface area contributed by atoms with Crippen molar-refractivity contribution in [3.8, 4) is 0 Å². The first-order chi connectivity index (χ1) is 7.31. The van der Waals surface area contributed by atoms with Gasteiger partial charge in [-0.2, -0.15) is 0 Å². The normalized spacial score (nSPS) is 27.9. The van der Waals surface area contributed by atoms with E-state index in [9.17, 15) is 0 Å². The van der Waals surface area contributed by atoms with E-state index in [1.165, 1.54) is 31.5 Å². The van der Waals surface area contributed by atoms with Gasteiger partial charge >= 0.3 is 0 Å². The lowest BCUT2D eigenvalue weighted by atomic mass is 9.88. The molecule has 1 nitrogen and oxygen atoms in total. The van der Waals surface area contributed by atoms with Gasteiger partial charge in [0.2, 0.25) is 0 Å². The number of hydrogen-bond acceptors (Lipinski definition) is 1. The van der Waals surface area contributed by atoms with E-state index in [0.29, 0.717) is 6.04 Å². The fourth-order valence-electron chi connectivity index (χ4n) is 2.59. The number of rotatable bonds is 2. The van der Waals surface area contributed by atoms with Gasteiger partial charge in [-0.05, 0) is 37.4 Å². The molecule has 0 aromatic heterocycles. The summed E-state index contributed by atoms with van der Waals surface area (Å²) in [4.78, 5) is 2.61. The Balaban J connectivity index is 2.17. The molecule has 0 N–H and O–H groups in total. The summed E-state index contributed by atoms with van der Waals surface area (Å²) in [7, 11) is 0. The molecule has 0 aliphatic carbocycles. The summed E-state index contributed by atoms with van der Waals surface area (Å²) in [6.07, 6.45) is 2.68. The Bertz CT molecular complexity index is 293. The molecule has 0 bridgehead atoms. The molecule has 0 radical (unpaired) electrons. The van der Waals surface area contributed by atoms with Gasteiger partial charge in [0.05, 0.1) is 0 Å². The number of hydrogen-bond donors (Lipinski definition) is 0. The van der Waals surface area contributed by atoms with Gasteiger partial charge < -0.3 is 0 Å². The molecule has 2 rings (SSSR count). The van der Waals surface area contributed by atoms with Crippen molar-refractivity contribution in [3.63, 3.8) is 0 Å². The maximum atomic E-state index is 2.61. The first-order valence-electron chi connectivity index (χ1n) is 6.10. The van der Waals surface area contributed by atoms with Gasteiger partial charge in [0.15, 0.2) is 0 Å². The van der Waals surface area contributed by atoms with Crippen LogP contribution in [0.4, 0.5) is 0 Å². The van der Waals surface area contributed by atoms with E-state index in [1.807, 2.05) is 0 Å².